The van der Waals surface area contributed by atoms with Gasteiger partial charge in [-0.2, -0.15) is 8.42 Å². The van der Waals surface area contributed by atoms with E-state index in [9.17, 15) is 8.42 Å². The highest BCUT2D eigenvalue weighted by molar-refractivity contribution is 7.92. The number of sulfonamides is 1. The number of nitrogens with one attached hydrogen (secondary N) is 2. The zero-order chi connectivity index (χ0) is 14.8. The third-order valence-electron chi connectivity index (χ3n) is 2.72. The van der Waals surface area contributed by atoms with Crippen molar-refractivity contribution in [2.24, 2.45) is 0 Å². The van der Waals surface area contributed by atoms with E-state index in [1.54, 1.807) is 32.2 Å². The number of aryl methyl sites for hydroxylation is 2. The zero-order valence-corrected chi connectivity index (χ0v) is 12.4. The molecule has 0 saturated heterocycles. The highest BCUT2D eigenvalue weighted by Crippen LogP contribution is 2.20. The minimum Gasteiger partial charge on any atom is -0.446 e. The molecule has 0 radical (unpaired) electrons. The van der Waals surface area contributed by atoms with Crippen LogP contribution in [0.5, 0.6) is 0 Å². The van der Waals surface area contributed by atoms with E-state index in [1.165, 1.54) is 6.07 Å². The normalized spacial score (nSPS) is 11.6. The summed E-state index contributed by atoms with van der Waals surface area (Å²) in [6.45, 7) is 4.07. The topological polar surface area (TPSA) is 84.2 Å². The second-order valence-corrected chi connectivity index (χ2v) is 6.06. The van der Waals surface area contributed by atoms with E-state index < -0.39 is 10.0 Å². The van der Waals surface area contributed by atoms with Crippen molar-refractivity contribution in [3.63, 3.8) is 0 Å². The molecule has 2 aromatic heterocycles. The first-order chi connectivity index (χ1) is 9.42. The molecule has 2 aromatic rings. The molecule has 0 amide bonds. The largest absolute Gasteiger partial charge is 0.446 e. The summed E-state index contributed by atoms with van der Waals surface area (Å²) in [6.07, 6.45) is 0. The molecular weight excluding hydrogens is 278 g/mol. The molecule has 20 heavy (non-hydrogen) atoms. The van der Waals surface area contributed by atoms with E-state index in [0.717, 1.165) is 5.69 Å². The fourth-order valence-electron chi connectivity index (χ4n) is 1.76. The molecule has 0 unspecified atom stereocenters. The van der Waals surface area contributed by atoms with Crippen molar-refractivity contribution in [3.8, 4) is 0 Å². The molecule has 0 saturated carbocycles. The summed E-state index contributed by atoms with van der Waals surface area (Å²) in [7, 11) is -1.97. The first-order valence-corrected chi connectivity index (χ1v) is 7.61. The van der Waals surface area contributed by atoms with Crippen LogP contribution in [0.4, 0.5) is 5.69 Å². The number of rotatable bonds is 5. The number of nitrogens with zero attached hydrogens (tertiary/aromatic N) is 1. The fraction of sp³-hybridized carbons (Fsp3) is 0.308. The van der Waals surface area contributed by atoms with Crippen LogP contribution in [0.1, 0.15) is 17.1 Å². The lowest BCUT2D eigenvalue weighted by Gasteiger charge is -2.08. The Kier molecular flexibility index (Phi) is 4.10. The number of furan rings is 1. The minimum absolute atomic E-state index is 0.109. The van der Waals surface area contributed by atoms with Crippen LogP contribution in [0.3, 0.4) is 0 Å². The predicted molar refractivity (Wildman–Crippen MR) is 76.0 cm³/mol. The number of hydrogen-bond donors (Lipinski definition) is 2. The summed E-state index contributed by atoms with van der Waals surface area (Å²) < 4.78 is 32.2. The van der Waals surface area contributed by atoms with Crippen molar-refractivity contribution in [2.45, 2.75) is 25.5 Å². The van der Waals surface area contributed by atoms with Gasteiger partial charge in [0.25, 0.3) is 10.0 Å². The maximum atomic E-state index is 12.2. The number of hydrogen-bond acceptors (Lipinski definition) is 5. The van der Waals surface area contributed by atoms with E-state index in [1.807, 2.05) is 6.92 Å². The molecule has 2 N–H and O–H groups in total. The minimum atomic E-state index is -3.73. The van der Waals surface area contributed by atoms with Gasteiger partial charge in [-0.25, -0.2) is 0 Å². The molecular formula is C13H17N3O3S. The third-order valence-corrected chi connectivity index (χ3v) is 3.96. The zero-order valence-electron chi connectivity index (χ0n) is 11.6. The maximum Gasteiger partial charge on any atom is 0.295 e. The maximum absolute atomic E-state index is 12.2. The number of aromatic nitrogens is 1. The molecule has 6 nitrogen and oxygen atoms in total. The van der Waals surface area contributed by atoms with Gasteiger partial charge in [0.2, 0.25) is 5.09 Å². The summed E-state index contributed by atoms with van der Waals surface area (Å²) in [4.78, 5) is 4.22. The first kappa shape index (κ1) is 14.5. The van der Waals surface area contributed by atoms with Crippen molar-refractivity contribution in [2.75, 3.05) is 11.8 Å². The molecule has 0 bridgehead atoms. The Morgan fingerprint density at radius 2 is 1.95 bits per heavy atom. The summed E-state index contributed by atoms with van der Waals surface area (Å²) in [6, 6.07) is 6.50. The molecule has 108 valence electrons. The van der Waals surface area contributed by atoms with Gasteiger partial charge in [0.15, 0.2) is 0 Å². The van der Waals surface area contributed by atoms with Gasteiger partial charge in [0.05, 0.1) is 17.9 Å². The molecule has 0 aromatic carbocycles. The predicted octanol–water partition coefficient (Wildman–Crippen LogP) is 1.81. The summed E-state index contributed by atoms with van der Waals surface area (Å²) >= 11 is 0. The van der Waals surface area contributed by atoms with E-state index in [0.29, 0.717) is 23.7 Å². The lowest BCUT2D eigenvalue weighted by molar-refractivity contribution is 0.408. The van der Waals surface area contributed by atoms with Crippen molar-refractivity contribution in [1.29, 1.82) is 0 Å². The van der Waals surface area contributed by atoms with Crippen molar-refractivity contribution in [1.82, 2.24) is 10.3 Å². The molecule has 2 rings (SSSR count). The summed E-state index contributed by atoms with van der Waals surface area (Å²) in [5, 5.41) is 2.79. The lowest BCUT2D eigenvalue weighted by atomic mass is 10.3. The average Bonchev–Trinajstić information content (AvgIpc) is 2.83. The molecule has 0 atom stereocenters. The second-order valence-electron chi connectivity index (χ2n) is 4.44. The highest BCUT2D eigenvalue weighted by atomic mass is 32.2. The third kappa shape index (κ3) is 3.17. The van der Waals surface area contributed by atoms with Crippen LogP contribution in [-0.2, 0) is 16.6 Å². The Morgan fingerprint density at radius 1 is 1.20 bits per heavy atom. The van der Waals surface area contributed by atoms with Gasteiger partial charge in [0, 0.05) is 5.69 Å². The fourth-order valence-corrected chi connectivity index (χ4v) is 2.83. The van der Waals surface area contributed by atoms with Crippen LogP contribution in [0, 0.1) is 13.8 Å². The summed E-state index contributed by atoms with van der Waals surface area (Å²) in [5.74, 6) is 0.562. The summed E-state index contributed by atoms with van der Waals surface area (Å²) in [5.41, 5.74) is 1.90. The van der Waals surface area contributed by atoms with Crippen LogP contribution in [0.15, 0.2) is 33.8 Å². The average molecular weight is 295 g/mol. The quantitative estimate of drug-likeness (QED) is 0.879. The SMILES string of the molecule is CNCc1ccc(S(=O)(=O)Nc2ccc(C)nc2C)o1. The lowest BCUT2D eigenvalue weighted by Crippen LogP contribution is -2.13. The van der Waals surface area contributed by atoms with Gasteiger partial charge < -0.3 is 9.73 Å². The van der Waals surface area contributed by atoms with E-state index in [4.69, 9.17) is 4.42 Å². The van der Waals surface area contributed by atoms with Crippen LogP contribution >= 0.6 is 0 Å². The van der Waals surface area contributed by atoms with Crippen LogP contribution in [-0.4, -0.2) is 20.4 Å². The van der Waals surface area contributed by atoms with Crippen molar-refractivity contribution >= 4 is 15.7 Å². The molecule has 0 aliphatic heterocycles. The Hall–Kier alpha value is -1.86. The van der Waals surface area contributed by atoms with Crippen LogP contribution < -0.4 is 10.0 Å². The van der Waals surface area contributed by atoms with E-state index in [-0.39, 0.29) is 5.09 Å². The van der Waals surface area contributed by atoms with Crippen LogP contribution in [0.25, 0.3) is 0 Å². The number of anilines is 1. The van der Waals surface area contributed by atoms with Crippen molar-refractivity contribution < 1.29 is 12.8 Å². The Morgan fingerprint density at radius 3 is 2.60 bits per heavy atom. The van der Waals surface area contributed by atoms with Gasteiger partial charge in [-0.1, -0.05) is 0 Å². The molecule has 0 aliphatic rings. The Bertz CT molecular complexity index is 707. The molecule has 2 heterocycles. The van der Waals surface area contributed by atoms with E-state index in [2.05, 4.69) is 15.0 Å². The molecule has 7 heteroatoms. The smallest absolute Gasteiger partial charge is 0.295 e. The number of pyridine rings is 1. The Balaban J connectivity index is 2.26. The second kappa shape index (κ2) is 5.64. The van der Waals surface area contributed by atoms with Crippen LogP contribution in [0.2, 0.25) is 0 Å². The van der Waals surface area contributed by atoms with Gasteiger partial charge in [-0.15, -0.1) is 0 Å². The standard InChI is InChI=1S/C13H17N3O3S/c1-9-4-6-12(10(2)15-9)16-20(17,18)13-7-5-11(19-13)8-14-3/h4-7,14,16H,8H2,1-3H3. The van der Waals surface area contributed by atoms with Gasteiger partial charge in [-0.3, -0.25) is 9.71 Å². The van der Waals surface area contributed by atoms with E-state index >= 15 is 0 Å². The monoisotopic (exact) mass is 295 g/mol. The highest BCUT2D eigenvalue weighted by Gasteiger charge is 2.19. The van der Waals surface area contributed by atoms with Crippen molar-refractivity contribution in [3.05, 3.63) is 41.4 Å². The molecule has 0 spiro atoms. The first-order valence-electron chi connectivity index (χ1n) is 6.13. The van der Waals surface area contributed by atoms with Gasteiger partial charge in [-0.05, 0) is 45.2 Å². The Labute approximate surface area is 118 Å². The molecule has 0 aliphatic carbocycles. The van der Waals surface area contributed by atoms with Gasteiger partial charge >= 0.3 is 0 Å². The van der Waals surface area contributed by atoms with Gasteiger partial charge in [0.1, 0.15) is 5.76 Å². The molecule has 0 fully saturated rings.